The number of aliphatic hydroxyl groups is 2. The van der Waals surface area contributed by atoms with Gasteiger partial charge in [0, 0.05) is 23.5 Å². The summed E-state index contributed by atoms with van der Waals surface area (Å²) in [7, 11) is 0. The maximum absolute atomic E-state index is 14.0. The van der Waals surface area contributed by atoms with Crippen molar-refractivity contribution in [3.63, 3.8) is 0 Å². The first-order valence-corrected chi connectivity index (χ1v) is 13.6. The molecule has 0 fully saturated rings. The summed E-state index contributed by atoms with van der Waals surface area (Å²) in [5.74, 6) is -0.599. The molecule has 2 atom stereocenters. The fourth-order valence-corrected chi connectivity index (χ4v) is 5.08. The monoisotopic (exact) mass is 528 g/mol. The van der Waals surface area contributed by atoms with E-state index in [0.717, 1.165) is 28.1 Å². The zero-order valence-electron chi connectivity index (χ0n) is 22.8. The third-order valence-electron chi connectivity index (χ3n) is 6.99. The fraction of sp³-hybridized carbons (Fsp3) is 0.303. The number of nitrogens with one attached hydrogen (secondary N) is 1. The highest BCUT2D eigenvalue weighted by molar-refractivity contribution is 6.12. The molecule has 1 heterocycles. The minimum absolute atomic E-state index is 0.0310. The van der Waals surface area contributed by atoms with E-state index in [2.05, 4.69) is 9.88 Å². The molecule has 0 saturated heterocycles. The van der Waals surface area contributed by atoms with Gasteiger partial charge in [0.25, 0.3) is 5.91 Å². The topological polar surface area (TPSA) is 74.5 Å². The van der Waals surface area contributed by atoms with Crippen LogP contribution in [0.3, 0.4) is 0 Å². The lowest BCUT2D eigenvalue weighted by atomic mass is 9.94. The molecule has 0 spiro atoms. The first-order chi connectivity index (χ1) is 18.8. The molecule has 0 saturated carbocycles. The van der Waals surface area contributed by atoms with Crippen molar-refractivity contribution < 1.29 is 19.4 Å². The van der Waals surface area contributed by atoms with Gasteiger partial charge in [0.2, 0.25) is 0 Å². The summed E-state index contributed by atoms with van der Waals surface area (Å²) in [6, 6.07) is 25.4. The number of aliphatic hydroxyl groups excluding tert-OH is 2. The van der Waals surface area contributed by atoms with Crippen LogP contribution < -0.4 is 5.32 Å². The Balaban J connectivity index is 1.94. The molecule has 0 aliphatic rings. The van der Waals surface area contributed by atoms with E-state index in [1.807, 2.05) is 81.4 Å². The Labute approximate surface area is 230 Å². The first-order valence-electron chi connectivity index (χ1n) is 13.6. The van der Waals surface area contributed by atoms with E-state index in [9.17, 15) is 19.4 Å². The van der Waals surface area contributed by atoms with Crippen LogP contribution in [0, 0.1) is 5.82 Å². The van der Waals surface area contributed by atoms with E-state index in [4.69, 9.17) is 0 Å². The molecule has 39 heavy (non-hydrogen) atoms. The van der Waals surface area contributed by atoms with Crippen molar-refractivity contribution in [3.8, 4) is 22.4 Å². The molecular formula is C33H37FN2O3. The van der Waals surface area contributed by atoms with Crippen LogP contribution in [0.15, 0.2) is 84.9 Å². The highest BCUT2D eigenvalue weighted by Gasteiger charge is 2.30. The summed E-state index contributed by atoms with van der Waals surface area (Å²) in [5, 5.41) is 23.9. The summed E-state index contributed by atoms with van der Waals surface area (Å²) < 4.78 is 16.1. The largest absolute Gasteiger partial charge is 0.393 e. The molecule has 6 heteroatoms. The molecule has 5 nitrogen and oxygen atoms in total. The average Bonchev–Trinajstić information content (AvgIpc) is 3.29. The summed E-state index contributed by atoms with van der Waals surface area (Å²) in [5.41, 5.74) is 5.30. The van der Waals surface area contributed by atoms with Gasteiger partial charge in [-0.25, -0.2) is 4.39 Å². The molecule has 0 aliphatic carbocycles. The number of hydrogen-bond donors (Lipinski definition) is 3. The van der Waals surface area contributed by atoms with Gasteiger partial charge in [-0.05, 0) is 72.7 Å². The number of amides is 1. The number of aromatic nitrogens is 1. The SMILES string of the molecule is CCC(O)CC(O)CCn1c(-c2ccc(F)cc2)c(-c2ccccc2)c(C(=O)Nc2ccccc2)c1C(C)C. The van der Waals surface area contributed by atoms with Gasteiger partial charge < -0.3 is 20.1 Å². The van der Waals surface area contributed by atoms with Gasteiger partial charge in [0.15, 0.2) is 0 Å². The minimum atomic E-state index is -0.704. The van der Waals surface area contributed by atoms with Crippen LogP contribution in [-0.2, 0) is 6.54 Å². The average molecular weight is 529 g/mol. The zero-order chi connectivity index (χ0) is 27.9. The van der Waals surface area contributed by atoms with Crippen LogP contribution in [-0.4, -0.2) is 32.9 Å². The number of anilines is 1. The van der Waals surface area contributed by atoms with Gasteiger partial charge in [0.05, 0.1) is 23.5 Å². The second-order valence-corrected chi connectivity index (χ2v) is 10.2. The summed E-state index contributed by atoms with van der Waals surface area (Å²) in [6.45, 7) is 6.41. The quantitative estimate of drug-likeness (QED) is 0.192. The number of hydrogen-bond acceptors (Lipinski definition) is 3. The minimum Gasteiger partial charge on any atom is -0.393 e. The molecule has 3 aromatic carbocycles. The molecule has 0 bridgehead atoms. The lowest BCUT2D eigenvalue weighted by Crippen LogP contribution is -2.20. The van der Waals surface area contributed by atoms with E-state index in [1.54, 1.807) is 12.1 Å². The maximum atomic E-state index is 14.0. The normalized spacial score (nSPS) is 12.9. The molecule has 1 aromatic heterocycles. The summed E-state index contributed by atoms with van der Waals surface area (Å²) >= 11 is 0. The van der Waals surface area contributed by atoms with Crippen molar-refractivity contribution in [1.29, 1.82) is 0 Å². The Bertz CT molecular complexity index is 1370. The van der Waals surface area contributed by atoms with Gasteiger partial charge in [-0.2, -0.15) is 0 Å². The Morgan fingerprint density at radius 2 is 1.49 bits per heavy atom. The fourth-order valence-electron chi connectivity index (χ4n) is 5.08. The molecule has 204 valence electrons. The highest BCUT2D eigenvalue weighted by Crippen LogP contribution is 2.42. The van der Waals surface area contributed by atoms with Crippen LogP contribution in [0.2, 0.25) is 0 Å². The number of nitrogens with zero attached hydrogens (tertiary/aromatic N) is 1. The first kappa shape index (κ1) is 28.3. The smallest absolute Gasteiger partial charge is 0.258 e. The molecule has 4 rings (SSSR count). The molecule has 0 radical (unpaired) electrons. The number of benzene rings is 3. The van der Waals surface area contributed by atoms with Crippen LogP contribution in [0.25, 0.3) is 22.4 Å². The van der Waals surface area contributed by atoms with Gasteiger partial charge in [-0.15, -0.1) is 0 Å². The van der Waals surface area contributed by atoms with Crippen molar-refractivity contribution >= 4 is 11.6 Å². The Hall–Kier alpha value is -3.74. The van der Waals surface area contributed by atoms with Gasteiger partial charge >= 0.3 is 0 Å². The van der Waals surface area contributed by atoms with E-state index >= 15 is 0 Å². The number of carbonyl (C=O) groups excluding carboxylic acids is 1. The molecule has 3 N–H and O–H groups in total. The standard InChI is InChI=1S/C33H37FN2O3/c1-4-27(37)21-28(38)19-20-36-31(22(2)3)30(33(39)35-26-13-9-6-10-14-26)29(23-11-7-5-8-12-23)32(36)24-15-17-25(34)18-16-24/h5-18,22,27-28,37-38H,4,19-21H2,1-3H3,(H,35,39). The summed E-state index contributed by atoms with van der Waals surface area (Å²) in [4.78, 5) is 14.0. The molecule has 0 aliphatic heterocycles. The molecule has 4 aromatic rings. The Morgan fingerprint density at radius 1 is 0.872 bits per heavy atom. The van der Waals surface area contributed by atoms with E-state index in [0.29, 0.717) is 30.6 Å². The number of rotatable bonds is 11. The number of carbonyl (C=O) groups is 1. The lowest BCUT2D eigenvalue weighted by Gasteiger charge is -2.20. The van der Waals surface area contributed by atoms with E-state index in [1.165, 1.54) is 12.1 Å². The Kier molecular flexibility index (Phi) is 9.33. The number of para-hydroxylation sites is 1. The van der Waals surface area contributed by atoms with Crippen LogP contribution in [0.4, 0.5) is 10.1 Å². The van der Waals surface area contributed by atoms with Crippen molar-refractivity contribution in [3.05, 3.63) is 102 Å². The van der Waals surface area contributed by atoms with Crippen LogP contribution in [0.1, 0.15) is 62.0 Å². The van der Waals surface area contributed by atoms with E-state index in [-0.39, 0.29) is 24.1 Å². The molecular weight excluding hydrogens is 491 g/mol. The zero-order valence-corrected chi connectivity index (χ0v) is 22.8. The second-order valence-electron chi connectivity index (χ2n) is 10.2. The van der Waals surface area contributed by atoms with Gasteiger partial charge in [0.1, 0.15) is 5.82 Å². The highest BCUT2D eigenvalue weighted by atomic mass is 19.1. The van der Waals surface area contributed by atoms with Crippen molar-refractivity contribution in [2.75, 3.05) is 5.32 Å². The van der Waals surface area contributed by atoms with Gasteiger partial charge in [-0.1, -0.05) is 69.3 Å². The maximum Gasteiger partial charge on any atom is 0.258 e. The third-order valence-corrected chi connectivity index (χ3v) is 6.99. The Morgan fingerprint density at radius 3 is 2.08 bits per heavy atom. The third kappa shape index (κ3) is 6.64. The van der Waals surface area contributed by atoms with Crippen molar-refractivity contribution in [2.24, 2.45) is 0 Å². The second kappa shape index (κ2) is 12.9. The van der Waals surface area contributed by atoms with Crippen molar-refractivity contribution in [2.45, 2.75) is 64.7 Å². The molecule has 2 unspecified atom stereocenters. The summed E-state index contributed by atoms with van der Waals surface area (Å²) in [6.07, 6.45) is -0.0231. The van der Waals surface area contributed by atoms with Crippen molar-refractivity contribution in [1.82, 2.24) is 4.57 Å². The lowest BCUT2D eigenvalue weighted by molar-refractivity contribution is 0.0711. The predicted molar refractivity (Wildman–Crippen MR) is 155 cm³/mol. The van der Waals surface area contributed by atoms with Crippen LogP contribution in [0.5, 0.6) is 0 Å². The number of halogens is 1. The van der Waals surface area contributed by atoms with E-state index < -0.39 is 12.2 Å². The predicted octanol–water partition coefficient (Wildman–Crippen LogP) is 7.25. The van der Waals surface area contributed by atoms with Gasteiger partial charge in [-0.3, -0.25) is 4.79 Å². The van der Waals surface area contributed by atoms with Crippen LogP contribution >= 0.6 is 0 Å². The molecule has 1 amide bonds.